The van der Waals surface area contributed by atoms with Crippen LogP contribution in [0.2, 0.25) is 0 Å². The second-order valence-electron chi connectivity index (χ2n) is 13.1. The van der Waals surface area contributed by atoms with Crippen LogP contribution in [0.3, 0.4) is 0 Å². The minimum atomic E-state index is -4.52. The molecule has 2 fully saturated rings. The number of carbonyl (C=O) groups excluding carboxylic acids is 2. The average Bonchev–Trinajstić information content (AvgIpc) is 3.64. The van der Waals surface area contributed by atoms with E-state index in [9.17, 15) is 24.7 Å². The van der Waals surface area contributed by atoms with Gasteiger partial charge in [0.2, 0.25) is 11.8 Å². The first kappa shape index (κ1) is 32.0. The van der Waals surface area contributed by atoms with Gasteiger partial charge < -0.3 is 19.3 Å². The third-order valence-corrected chi connectivity index (χ3v) is 10.6. The molecule has 2 aromatic carbocycles. The molecule has 4 heterocycles. The molecule has 0 aromatic heterocycles. The molecule has 4 aliphatic heterocycles. The molecule has 2 unspecified atom stereocenters. The molecule has 4 aliphatic rings. The van der Waals surface area contributed by atoms with Crippen molar-refractivity contribution in [2.45, 2.75) is 88.9 Å². The van der Waals surface area contributed by atoms with Gasteiger partial charge in [-0.1, -0.05) is 0 Å². The van der Waals surface area contributed by atoms with Crippen molar-refractivity contribution in [2.75, 3.05) is 20.2 Å². The average molecular weight is 649 g/mol. The lowest BCUT2D eigenvalue weighted by molar-refractivity contribution is -0.145. The molecule has 0 aliphatic carbocycles. The third kappa shape index (κ3) is 5.54. The highest BCUT2D eigenvalue weighted by Gasteiger charge is 2.56. The Hall–Kier alpha value is -3.93. The summed E-state index contributed by atoms with van der Waals surface area (Å²) in [5.41, 5.74) is -0.411. The summed E-state index contributed by atoms with van der Waals surface area (Å²) in [6.07, 6.45) is -0.146. The van der Waals surface area contributed by atoms with Crippen LogP contribution in [0.15, 0.2) is 36.4 Å². The van der Waals surface area contributed by atoms with Crippen molar-refractivity contribution in [1.82, 2.24) is 9.80 Å². The van der Waals surface area contributed by atoms with Crippen molar-refractivity contribution in [1.29, 1.82) is 10.5 Å². The van der Waals surface area contributed by atoms with Crippen molar-refractivity contribution < 1.29 is 37.2 Å². The number of fused-ring (bicyclic) bond motifs is 2. The van der Waals surface area contributed by atoms with Crippen molar-refractivity contribution >= 4 is 19.6 Å². The molecule has 2 saturated heterocycles. The Morgan fingerprint density at radius 3 is 1.52 bits per heavy atom. The van der Waals surface area contributed by atoms with Crippen molar-refractivity contribution in [3.05, 3.63) is 58.7 Å². The van der Waals surface area contributed by atoms with E-state index in [1.807, 2.05) is 0 Å². The highest BCUT2D eigenvalue weighted by molar-refractivity contribution is 7.48. The maximum Gasteiger partial charge on any atom is 0.475 e. The van der Waals surface area contributed by atoms with Gasteiger partial charge in [-0.2, -0.15) is 10.5 Å². The van der Waals surface area contributed by atoms with Crippen LogP contribution in [0.4, 0.5) is 0 Å². The zero-order valence-electron chi connectivity index (χ0n) is 26.5. The van der Waals surface area contributed by atoms with E-state index in [4.69, 9.17) is 23.0 Å². The van der Waals surface area contributed by atoms with Gasteiger partial charge in [0.15, 0.2) is 0 Å². The molecule has 2 amide bonds. The fourth-order valence-electron chi connectivity index (χ4n) is 7.00. The number of hydrogen-bond acceptors (Lipinski definition) is 10. The smallest absolute Gasteiger partial charge is 0.475 e. The van der Waals surface area contributed by atoms with Gasteiger partial charge in [-0.05, 0) is 76.9 Å². The number of rotatable bonds is 7. The molecule has 2 aromatic rings. The third-order valence-electron chi connectivity index (χ3n) is 9.21. The predicted octanol–water partition coefficient (Wildman–Crippen LogP) is 5.32. The number of amides is 2. The number of nitriles is 2. The number of carbonyl (C=O) groups is 2. The number of benzene rings is 2. The molecule has 0 spiro atoms. The van der Waals surface area contributed by atoms with E-state index in [1.165, 1.54) is 7.11 Å². The van der Waals surface area contributed by atoms with Gasteiger partial charge in [0.1, 0.15) is 34.9 Å². The first-order valence-corrected chi connectivity index (χ1v) is 16.8. The van der Waals surface area contributed by atoms with Gasteiger partial charge in [0.25, 0.3) is 0 Å². The molecule has 0 N–H and O–H groups in total. The van der Waals surface area contributed by atoms with E-state index >= 15 is 0 Å². The van der Waals surface area contributed by atoms with Crippen LogP contribution >= 0.6 is 7.82 Å². The Morgan fingerprint density at radius 2 is 1.20 bits per heavy atom. The lowest BCUT2D eigenvalue weighted by atomic mass is 9.85. The van der Waals surface area contributed by atoms with Crippen LogP contribution in [0.25, 0.3) is 0 Å². The van der Waals surface area contributed by atoms with Crippen LogP contribution < -0.4 is 9.47 Å². The van der Waals surface area contributed by atoms with E-state index in [2.05, 4.69) is 12.1 Å². The minimum absolute atomic E-state index is 0.0999. The van der Waals surface area contributed by atoms with E-state index in [0.717, 1.165) is 0 Å². The van der Waals surface area contributed by atoms with Gasteiger partial charge in [0.05, 0.1) is 35.3 Å². The van der Waals surface area contributed by atoms with E-state index < -0.39 is 43.3 Å². The molecule has 5 atom stereocenters. The predicted molar refractivity (Wildman–Crippen MR) is 163 cm³/mol. The largest absolute Gasteiger partial charge is 0.485 e. The van der Waals surface area contributed by atoms with Crippen molar-refractivity contribution in [3.63, 3.8) is 0 Å². The van der Waals surface area contributed by atoms with Crippen molar-refractivity contribution in [2.24, 2.45) is 0 Å². The minimum Gasteiger partial charge on any atom is -0.485 e. The summed E-state index contributed by atoms with van der Waals surface area (Å²) < 4.78 is 45.8. The first-order chi connectivity index (χ1) is 21.8. The molecule has 242 valence electrons. The fraction of sp³-hybridized carbons (Fsp3) is 0.515. The molecule has 0 radical (unpaired) electrons. The number of phosphoric acid groups is 1. The summed E-state index contributed by atoms with van der Waals surface area (Å²) in [5.74, 6) is 0.774. The molecular formula is C33H37N4O8P. The monoisotopic (exact) mass is 648 g/mol. The van der Waals surface area contributed by atoms with E-state index in [-0.39, 0.29) is 11.8 Å². The normalized spacial score (nSPS) is 27.5. The molecule has 12 nitrogen and oxygen atoms in total. The van der Waals surface area contributed by atoms with Crippen LogP contribution in [0, 0.1) is 22.7 Å². The van der Waals surface area contributed by atoms with Gasteiger partial charge in [-0.3, -0.25) is 23.2 Å². The molecule has 0 bridgehead atoms. The summed E-state index contributed by atoms with van der Waals surface area (Å²) in [5, 5.41) is 19.3. The van der Waals surface area contributed by atoms with Gasteiger partial charge in [0, 0.05) is 44.2 Å². The van der Waals surface area contributed by atoms with E-state index in [0.29, 0.717) is 72.5 Å². The number of hydrogen-bond donors (Lipinski definition) is 0. The summed E-state index contributed by atoms with van der Waals surface area (Å²) >= 11 is 0. The summed E-state index contributed by atoms with van der Waals surface area (Å²) in [6, 6.07) is 12.7. The molecular weight excluding hydrogens is 611 g/mol. The molecule has 13 heteroatoms. The molecule has 0 saturated carbocycles. The summed E-state index contributed by atoms with van der Waals surface area (Å²) in [7, 11) is -3.31. The second kappa shape index (κ2) is 11.7. The van der Waals surface area contributed by atoms with Gasteiger partial charge in [-0.25, -0.2) is 4.57 Å². The Balaban J connectivity index is 1.42. The SMILES string of the molecule is COP(=O)(O[C@H]1C(N2CCCC2=O)c2cc(C#N)ccc2OC1(C)C)O[C@H]1[C@@H](N2CCCC2=O)c2cc(C#N)ccc2OC1(C)C. The van der Waals surface area contributed by atoms with Crippen LogP contribution in [-0.4, -0.2) is 65.2 Å². The highest BCUT2D eigenvalue weighted by Crippen LogP contribution is 2.60. The van der Waals surface area contributed by atoms with Gasteiger partial charge >= 0.3 is 7.82 Å². The quantitative estimate of drug-likeness (QED) is 0.361. The standard InChI is InChI=1S/C33H37N4O8P/c1-32(2)30(28(36-14-6-8-26(36)38)22-16-20(18-34)10-12-24(22)42-32)44-46(40,41-5)45-31-29(37-15-7-9-27(37)39)23-17-21(19-35)11-13-25(23)43-33(31,3)4/h10-13,16-17,28-31H,6-9,14-15H2,1-5H3/t28-,29?,30-,31-,46?/m0/s1. The lowest BCUT2D eigenvalue weighted by Crippen LogP contribution is -2.56. The van der Waals surface area contributed by atoms with Crippen LogP contribution in [-0.2, 0) is 27.7 Å². The highest BCUT2D eigenvalue weighted by atomic mass is 31.2. The second-order valence-corrected chi connectivity index (χ2v) is 14.8. The molecule has 46 heavy (non-hydrogen) atoms. The van der Waals surface area contributed by atoms with Crippen molar-refractivity contribution in [3.8, 4) is 23.6 Å². The van der Waals surface area contributed by atoms with Crippen LogP contribution in [0.1, 0.15) is 87.7 Å². The summed E-state index contributed by atoms with van der Waals surface area (Å²) in [4.78, 5) is 29.7. The Kier molecular flexibility index (Phi) is 8.15. The lowest BCUT2D eigenvalue weighted by Gasteiger charge is -2.49. The summed E-state index contributed by atoms with van der Waals surface area (Å²) in [6.45, 7) is 7.95. The van der Waals surface area contributed by atoms with Crippen LogP contribution in [0.5, 0.6) is 11.5 Å². The molecule has 6 rings (SSSR count). The zero-order chi connectivity index (χ0) is 33.0. The number of phosphoric ester groups is 1. The number of likely N-dealkylation sites (tertiary alicyclic amines) is 2. The number of ether oxygens (including phenoxy) is 2. The fourth-order valence-corrected chi connectivity index (χ4v) is 8.52. The zero-order valence-corrected chi connectivity index (χ0v) is 27.4. The Labute approximate surface area is 268 Å². The van der Waals surface area contributed by atoms with E-state index in [1.54, 1.807) is 73.9 Å². The maximum atomic E-state index is 14.8. The first-order valence-electron chi connectivity index (χ1n) is 15.4. The van der Waals surface area contributed by atoms with Gasteiger partial charge in [-0.15, -0.1) is 0 Å². The topological polar surface area (TPSA) is 151 Å². The number of nitrogens with zero attached hydrogens (tertiary/aromatic N) is 4. The maximum absolute atomic E-state index is 14.8. The Morgan fingerprint density at radius 1 is 0.783 bits per heavy atom. The Bertz CT molecular complexity index is 1590.